The molecule has 2 unspecified atom stereocenters. The maximum atomic E-state index is 13.1. The lowest BCUT2D eigenvalue weighted by atomic mass is 10.1. The molecule has 4 aromatic rings. The van der Waals surface area contributed by atoms with E-state index in [1.807, 2.05) is 0 Å². The van der Waals surface area contributed by atoms with Crippen molar-refractivity contribution < 1.29 is 57.3 Å². The van der Waals surface area contributed by atoms with E-state index in [1.54, 1.807) is 0 Å². The third-order valence-electron chi connectivity index (χ3n) is 7.08. The number of nitrogens with two attached hydrogens (primary N) is 2. The van der Waals surface area contributed by atoms with Crippen LogP contribution in [0.4, 0.5) is 11.8 Å². The molecule has 2 aliphatic rings. The minimum Gasteiger partial charge on any atom is -0.394 e. The summed E-state index contributed by atoms with van der Waals surface area (Å²) in [6.45, 7) is -1.58. The second-order valence-electron chi connectivity index (χ2n) is 9.85. The number of aliphatic hydroxyl groups is 3. The van der Waals surface area contributed by atoms with E-state index in [0.29, 0.717) is 0 Å². The summed E-state index contributed by atoms with van der Waals surface area (Å²) in [5.41, 5.74) is 10.9. The van der Waals surface area contributed by atoms with Crippen molar-refractivity contribution in [1.29, 1.82) is 0 Å². The summed E-state index contributed by atoms with van der Waals surface area (Å²) in [6, 6.07) is 1.47. The molecular weight excluding hydrogens is 650 g/mol. The Morgan fingerprint density at radius 3 is 2.60 bits per heavy atom. The zero-order chi connectivity index (χ0) is 32.2. The van der Waals surface area contributed by atoms with Crippen LogP contribution in [-0.2, 0) is 32.2 Å². The molecule has 0 spiro atoms. The smallest absolute Gasteiger partial charge is 0.394 e. The molecule has 2 fully saturated rings. The van der Waals surface area contributed by atoms with Crippen LogP contribution in [0, 0.1) is 0 Å². The van der Waals surface area contributed by atoms with Gasteiger partial charge in [0, 0.05) is 6.20 Å². The average Bonchev–Trinajstić information content (AvgIpc) is 3.73. The molecule has 6 heterocycles. The predicted molar refractivity (Wildman–Crippen MR) is 146 cm³/mol. The fourth-order valence-corrected chi connectivity index (χ4v) is 6.54. The highest BCUT2D eigenvalue weighted by atomic mass is 31.2. The van der Waals surface area contributed by atoms with Crippen molar-refractivity contribution in [2.45, 2.75) is 49.1 Å². The fraction of sp³-hybridized carbons (Fsp3) is 0.500. The van der Waals surface area contributed by atoms with Crippen LogP contribution in [0.3, 0.4) is 0 Å². The molecule has 0 saturated carbocycles. The first-order chi connectivity index (χ1) is 21.4. The summed E-state index contributed by atoms with van der Waals surface area (Å²) in [6.07, 6.45) is -9.79. The quantitative estimate of drug-likeness (QED) is 0.0771. The second-order valence-corrected chi connectivity index (χ2v) is 12.0. The van der Waals surface area contributed by atoms with E-state index >= 15 is 0 Å². The predicted octanol–water partition coefficient (Wildman–Crippen LogP) is -3.10. The Morgan fingerprint density at radius 1 is 1.11 bits per heavy atom. The average molecular weight is 676 g/mol. The molecule has 0 aromatic carbocycles. The van der Waals surface area contributed by atoms with Crippen LogP contribution < -0.4 is 17.0 Å². The van der Waals surface area contributed by atoms with Crippen LogP contribution in [0.1, 0.15) is 12.5 Å². The summed E-state index contributed by atoms with van der Waals surface area (Å²) in [5.74, 6) is -0.245. The molecule has 0 amide bonds. The number of aromatic nitrogens is 8. The Kier molecular flexibility index (Phi) is 8.45. The van der Waals surface area contributed by atoms with Crippen LogP contribution in [0.25, 0.3) is 22.2 Å². The number of phosphoric ester groups is 1. The molecule has 10 atom stereocenters. The Balaban J connectivity index is 1.22. The van der Waals surface area contributed by atoms with Crippen molar-refractivity contribution in [2.75, 3.05) is 24.7 Å². The van der Waals surface area contributed by atoms with Crippen LogP contribution in [0.15, 0.2) is 23.4 Å². The van der Waals surface area contributed by atoms with Gasteiger partial charge in [-0.1, -0.05) is 5.21 Å². The van der Waals surface area contributed by atoms with Gasteiger partial charge in [-0.25, -0.2) is 19.2 Å². The van der Waals surface area contributed by atoms with Gasteiger partial charge in [0.15, 0.2) is 35.0 Å². The van der Waals surface area contributed by atoms with Gasteiger partial charge in [0.05, 0.1) is 25.1 Å². The number of aromatic amines is 1. The molecule has 4 aromatic heterocycles. The maximum Gasteiger partial charge on any atom is 0.472 e. The molecule has 244 valence electrons. The highest BCUT2D eigenvalue weighted by Crippen LogP contribution is 2.50. The summed E-state index contributed by atoms with van der Waals surface area (Å²) >= 11 is 0. The number of nitrogens with one attached hydrogen (secondary N) is 1. The van der Waals surface area contributed by atoms with Gasteiger partial charge in [-0.15, -0.1) is 5.10 Å². The lowest BCUT2D eigenvalue weighted by Crippen LogP contribution is -2.36. The standard InChI is InChI=1S/C20H26N10O13P2/c21-15-9-6(1-2-23-15)30(28-27-9)18-12(33)13(42-44(35)36)8(41-18)4-39-45(37,38)43-14-11(32)7(3-31)40-19(14)29-5-24-10-16(29)25-20(22)26-17(10)34/h1-2,5,7-8,11-14,18-19,31-33,44H,3-4H2,(H2,21,23)(H,35,36)(H,37,38)(H3,22,25,26,34)/t7-,8-,11-,12-,13-,14-,18-,19-/m1/s1. The van der Waals surface area contributed by atoms with Crippen LogP contribution in [0.5, 0.6) is 0 Å². The lowest BCUT2D eigenvalue weighted by molar-refractivity contribution is -0.0642. The van der Waals surface area contributed by atoms with E-state index in [-0.39, 0.29) is 34.0 Å². The van der Waals surface area contributed by atoms with Gasteiger partial charge in [0.1, 0.15) is 36.6 Å². The van der Waals surface area contributed by atoms with Gasteiger partial charge in [-0.2, -0.15) is 4.98 Å². The van der Waals surface area contributed by atoms with E-state index < -0.39 is 83.9 Å². The second kappa shape index (κ2) is 12.1. The number of H-pyrrole nitrogens is 1. The number of pyridine rings is 1. The van der Waals surface area contributed by atoms with Crippen LogP contribution in [0.2, 0.25) is 0 Å². The molecule has 10 N–H and O–H groups in total. The van der Waals surface area contributed by atoms with Crippen molar-refractivity contribution in [2.24, 2.45) is 0 Å². The van der Waals surface area contributed by atoms with E-state index in [9.17, 15) is 39.0 Å². The number of phosphoric acid groups is 1. The van der Waals surface area contributed by atoms with Gasteiger partial charge >= 0.3 is 16.1 Å². The Hall–Kier alpha value is -3.44. The number of nitrogens with zero attached hydrogens (tertiary/aromatic N) is 7. The molecule has 0 radical (unpaired) electrons. The summed E-state index contributed by atoms with van der Waals surface area (Å²) < 4.78 is 53.6. The van der Waals surface area contributed by atoms with Crippen molar-refractivity contribution in [3.8, 4) is 0 Å². The maximum absolute atomic E-state index is 13.1. The number of ether oxygens (including phenoxy) is 2. The number of hydrogen-bond donors (Lipinski definition) is 8. The van der Waals surface area contributed by atoms with Crippen molar-refractivity contribution >= 4 is 50.0 Å². The first kappa shape index (κ1) is 31.5. The minimum absolute atomic E-state index is 0.0345. The van der Waals surface area contributed by atoms with Gasteiger partial charge in [-0.3, -0.25) is 28.0 Å². The molecule has 0 bridgehead atoms. The highest BCUT2D eigenvalue weighted by molar-refractivity contribution is 7.47. The van der Waals surface area contributed by atoms with Crippen molar-refractivity contribution in [3.63, 3.8) is 0 Å². The first-order valence-corrected chi connectivity index (χ1v) is 15.7. The Labute approximate surface area is 249 Å². The number of nitrogen functional groups attached to an aromatic ring is 2. The van der Waals surface area contributed by atoms with Crippen LogP contribution >= 0.6 is 16.1 Å². The molecule has 2 saturated heterocycles. The lowest BCUT2D eigenvalue weighted by Gasteiger charge is -2.25. The first-order valence-electron chi connectivity index (χ1n) is 12.9. The van der Waals surface area contributed by atoms with Crippen molar-refractivity contribution in [1.82, 2.24) is 39.5 Å². The molecule has 25 heteroatoms. The normalized spacial score (nSPS) is 30.7. The number of fused-ring (bicyclic) bond motifs is 2. The van der Waals surface area contributed by atoms with E-state index in [2.05, 4.69) is 30.2 Å². The summed E-state index contributed by atoms with van der Waals surface area (Å²) in [5, 5.41) is 39.2. The monoisotopic (exact) mass is 676 g/mol. The molecule has 45 heavy (non-hydrogen) atoms. The molecule has 0 aliphatic carbocycles. The minimum atomic E-state index is -5.17. The number of rotatable bonds is 10. The summed E-state index contributed by atoms with van der Waals surface area (Å²) in [4.78, 5) is 46.4. The Bertz CT molecular complexity index is 1850. The Morgan fingerprint density at radius 2 is 1.87 bits per heavy atom. The topological polar surface area (TPSA) is 341 Å². The number of anilines is 2. The van der Waals surface area contributed by atoms with Crippen LogP contribution in [-0.4, -0.2) is 114 Å². The third kappa shape index (κ3) is 5.85. The number of aliphatic hydroxyl groups excluding tert-OH is 3. The zero-order valence-corrected chi connectivity index (χ0v) is 24.4. The highest BCUT2D eigenvalue weighted by Gasteiger charge is 2.51. The van der Waals surface area contributed by atoms with E-state index in [1.165, 1.54) is 12.3 Å². The van der Waals surface area contributed by atoms with Gasteiger partial charge in [-0.05, 0) is 6.07 Å². The largest absolute Gasteiger partial charge is 0.472 e. The van der Waals surface area contributed by atoms with E-state index in [4.69, 9.17) is 34.5 Å². The number of imidazole rings is 1. The molecule has 2 aliphatic heterocycles. The van der Waals surface area contributed by atoms with Gasteiger partial charge in [0.25, 0.3) is 5.56 Å². The van der Waals surface area contributed by atoms with E-state index in [0.717, 1.165) is 15.6 Å². The molecule has 6 rings (SSSR count). The van der Waals surface area contributed by atoms with Crippen molar-refractivity contribution in [3.05, 3.63) is 28.9 Å². The summed E-state index contributed by atoms with van der Waals surface area (Å²) in [7, 11) is -8.84. The molecular formula is C20H26N10O13P2. The van der Waals surface area contributed by atoms with Gasteiger partial charge in [0.2, 0.25) is 5.95 Å². The SMILES string of the molecule is Nc1nc2c(ncn2[C@@H]2O[C@H](CO)[C@@H](O)[C@H]2OP(=O)(O)OC[C@H]2O[C@@H](n3nnc4c(N)nccc43)[C@H](O)[C@@H]2O[PH](=O)O)c(=O)[nH]1. The number of hydrogen-bond acceptors (Lipinski definition) is 18. The fourth-order valence-electron chi connectivity index (χ4n) is 5.08. The van der Waals surface area contributed by atoms with Gasteiger partial charge < -0.3 is 50.6 Å². The molecule has 23 nitrogen and oxygen atoms in total. The zero-order valence-electron chi connectivity index (χ0n) is 22.5. The third-order valence-corrected chi connectivity index (χ3v) is 8.54.